The van der Waals surface area contributed by atoms with Gasteiger partial charge in [0, 0.05) is 12.7 Å². The van der Waals surface area contributed by atoms with Gasteiger partial charge in [-0.05, 0) is 5.92 Å². The highest BCUT2D eigenvalue weighted by molar-refractivity contribution is 7.80. The zero-order chi connectivity index (χ0) is 14.9. The highest BCUT2D eigenvalue weighted by Gasteiger charge is 2.15. The van der Waals surface area contributed by atoms with Crippen LogP contribution in [0.15, 0.2) is 0 Å². The molecule has 0 radical (unpaired) electrons. The van der Waals surface area contributed by atoms with Gasteiger partial charge >= 0.3 is 11.9 Å². The highest BCUT2D eigenvalue weighted by atomic mass is 32.1. The van der Waals surface area contributed by atoms with Crippen LogP contribution in [0.25, 0.3) is 0 Å². The number of hydrogen-bond donors (Lipinski definition) is 5. The summed E-state index contributed by atoms with van der Waals surface area (Å²) in [5.41, 5.74) is 5.16. The monoisotopic (exact) mass is 280 g/mol. The highest BCUT2D eigenvalue weighted by Crippen LogP contribution is 1.96. The number of carboxylic acid groups (broad SMARTS) is 2. The molecule has 0 unspecified atom stereocenters. The van der Waals surface area contributed by atoms with Gasteiger partial charge in [0.05, 0.1) is 0 Å². The lowest BCUT2D eigenvalue weighted by Crippen LogP contribution is -2.40. The van der Waals surface area contributed by atoms with Gasteiger partial charge in [0.2, 0.25) is 5.91 Å². The molecule has 0 aromatic heterocycles. The second-order valence-electron chi connectivity index (χ2n) is 3.88. The van der Waals surface area contributed by atoms with Crippen molar-refractivity contribution in [3.8, 4) is 0 Å². The van der Waals surface area contributed by atoms with Gasteiger partial charge < -0.3 is 21.3 Å². The van der Waals surface area contributed by atoms with Gasteiger partial charge in [0.15, 0.2) is 0 Å². The summed E-state index contributed by atoms with van der Waals surface area (Å²) in [5, 5.41) is 18.8. The van der Waals surface area contributed by atoms with Gasteiger partial charge in [-0.15, -0.1) is 0 Å². The van der Waals surface area contributed by atoms with Crippen LogP contribution in [0, 0.1) is 5.92 Å². The van der Waals surface area contributed by atoms with E-state index in [1.54, 1.807) is 13.8 Å². The number of rotatable bonds is 5. The summed E-state index contributed by atoms with van der Waals surface area (Å²) in [6, 6.07) is -1.59. The number of carbonyl (C=O) groups is 3. The zero-order valence-electron chi connectivity index (χ0n) is 10.6. The predicted molar refractivity (Wildman–Crippen MR) is 69.5 cm³/mol. The fourth-order valence-corrected chi connectivity index (χ4v) is 0.963. The molecule has 0 aromatic carbocycles. The molecule has 106 valence electrons. The third-order valence-corrected chi connectivity index (χ3v) is 2.23. The van der Waals surface area contributed by atoms with E-state index in [1.807, 2.05) is 0 Å². The van der Waals surface area contributed by atoms with Gasteiger partial charge in [-0.1, -0.05) is 13.8 Å². The van der Waals surface area contributed by atoms with E-state index < -0.39 is 24.0 Å². The fourth-order valence-electron chi connectivity index (χ4n) is 0.716. The Bertz CT molecular complexity index is 296. The van der Waals surface area contributed by atoms with Gasteiger partial charge in [-0.3, -0.25) is 9.59 Å². The van der Waals surface area contributed by atoms with Gasteiger partial charge in [-0.25, -0.2) is 4.79 Å². The molecule has 7 nitrogen and oxygen atoms in total. The summed E-state index contributed by atoms with van der Waals surface area (Å²) in [7, 11) is 0. The summed E-state index contributed by atoms with van der Waals surface area (Å²) in [5.74, 6) is -2.23. The van der Waals surface area contributed by atoms with Crippen LogP contribution in [0.1, 0.15) is 20.8 Å². The number of amides is 1. The first-order valence-corrected chi connectivity index (χ1v) is 5.85. The van der Waals surface area contributed by atoms with Crippen molar-refractivity contribution in [2.24, 2.45) is 11.7 Å². The van der Waals surface area contributed by atoms with Crippen LogP contribution in [0.4, 0.5) is 0 Å². The van der Waals surface area contributed by atoms with Crippen molar-refractivity contribution in [3.05, 3.63) is 0 Å². The van der Waals surface area contributed by atoms with Crippen molar-refractivity contribution < 1.29 is 24.6 Å². The predicted octanol–water partition coefficient (Wildman–Crippen LogP) is -0.440. The third-order valence-electron chi connectivity index (χ3n) is 1.86. The molecule has 0 fully saturated rings. The number of hydrogen-bond acceptors (Lipinski definition) is 5. The van der Waals surface area contributed by atoms with Crippen molar-refractivity contribution in [1.82, 2.24) is 5.32 Å². The molecule has 0 aliphatic heterocycles. The second kappa shape index (κ2) is 9.72. The molecule has 0 saturated heterocycles. The Morgan fingerprint density at radius 1 is 1.22 bits per heavy atom. The Kier molecular flexibility index (Phi) is 10.3. The van der Waals surface area contributed by atoms with Crippen LogP contribution in [-0.4, -0.2) is 45.9 Å². The maximum absolute atomic E-state index is 10.3. The van der Waals surface area contributed by atoms with E-state index in [9.17, 15) is 14.4 Å². The van der Waals surface area contributed by atoms with E-state index in [1.165, 1.54) is 6.92 Å². The molecule has 0 rings (SSSR count). The van der Waals surface area contributed by atoms with Crippen molar-refractivity contribution >= 4 is 30.5 Å². The Hall–Kier alpha value is -1.28. The summed E-state index contributed by atoms with van der Waals surface area (Å²) < 4.78 is 0. The molecule has 1 amide bonds. The first-order chi connectivity index (χ1) is 8.13. The minimum Gasteiger partial charge on any atom is -0.480 e. The SMILES string of the molecule is CC(=O)N[C@@H](CS)C(=O)O.CC(C)[C@H](N)C(=O)O. The number of thiol groups is 1. The van der Waals surface area contributed by atoms with Crippen molar-refractivity contribution in [2.75, 3.05) is 5.75 Å². The van der Waals surface area contributed by atoms with Crippen LogP contribution in [0.3, 0.4) is 0 Å². The van der Waals surface area contributed by atoms with Crippen molar-refractivity contribution in [1.29, 1.82) is 0 Å². The molecule has 0 aromatic rings. The Labute approximate surface area is 111 Å². The molecule has 0 spiro atoms. The maximum atomic E-state index is 10.3. The fraction of sp³-hybridized carbons (Fsp3) is 0.700. The second-order valence-corrected chi connectivity index (χ2v) is 4.25. The molecular weight excluding hydrogens is 260 g/mol. The average molecular weight is 280 g/mol. The van der Waals surface area contributed by atoms with Gasteiger partial charge in [-0.2, -0.15) is 12.6 Å². The summed E-state index contributed by atoms with van der Waals surface area (Å²) in [4.78, 5) is 30.5. The zero-order valence-corrected chi connectivity index (χ0v) is 11.5. The maximum Gasteiger partial charge on any atom is 0.327 e. The molecule has 0 heterocycles. The van der Waals surface area contributed by atoms with Gasteiger partial charge in [0.1, 0.15) is 12.1 Å². The first kappa shape index (κ1) is 19.1. The number of carboxylic acids is 2. The molecule has 0 saturated carbocycles. The van der Waals surface area contributed by atoms with E-state index in [4.69, 9.17) is 15.9 Å². The molecule has 0 aliphatic rings. The van der Waals surface area contributed by atoms with E-state index in [2.05, 4.69) is 17.9 Å². The minimum absolute atomic E-state index is 0.0208. The lowest BCUT2D eigenvalue weighted by atomic mass is 10.1. The quantitative estimate of drug-likeness (QED) is 0.434. The Morgan fingerprint density at radius 2 is 1.67 bits per heavy atom. The lowest BCUT2D eigenvalue weighted by Gasteiger charge is -2.08. The van der Waals surface area contributed by atoms with Crippen molar-refractivity contribution in [2.45, 2.75) is 32.9 Å². The van der Waals surface area contributed by atoms with Crippen LogP contribution < -0.4 is 11.1 Å². The van der Waals surface area contributed by atoms with E-state index in [0.717, 1.165) is 0 Å². The van der Waals surface area contributed by atoms with Crippen LogP contribution in [0.2, 0.25) is 0 Å². The smallest absolute Gasteiger partial charge is 0.327 e. The van der Waals surface area contributed by atoms with E-state index in [0.29, 0.717) is 0 Å². The Morgan fingerprint density at radius 3 is 1.72 bits per heavy atom. The summed E-state index contributed by atoms with van der Waals surface area (Å²) in [6.45, 7) is 4.82. The molecule has 0 bridgehead atoms. The summed E-state index contributed by atoms with van der Waals surface area (Å²) in [6.07, 6.45) is 0. The average Bonchev–Trinajstić information content (AvgIpc) is 2.24. The number of aliphatic carboxylic acids is 2. The molecule has 2 atom stereocenters. The largest absolute Gasteiger partial charge is 0.480 e. The molecule has 0 aliphatic carbocycles. The molecule has 8 heteroatoms. The van der Waals surface area contributed by atoms with Crippen LogP contribution in [0.5, 0.6) is 0 Å². The Balaban J connectivity index is 0. The molecule has 5 N–H and O–H groups in total. The van der Waals surface area contributed by atoms with E-state index >= 15 is 0 Å². The van der Waals surface area contributed by atoms with Crippen LogP contribution in [-0.2, 0) is 14.4 Å². The van der Waals surface area contributed by atoms with Gasteiger partial charge in [0.25, 0.3) is 0 Å². The number of nitrogens with two attached hydrogens (primary N) is 1. The van der Waals surface area contributed by atoms with Crippen molar-refractivity contribution in [3.63, 3.8) is 0 Å². The number of carbonyl (C=O) groups excluding carboxylic acids is 1. The number of nitrogens with one attached hydrogen (secondary N) is 1. The minimum atomic E-state index is -1.06. The molecule has 18 heavy (non-hydrogen) atoms. The standard InChI is InChI=1S/C5H9NO3S.C5H11NO2/c1-3(7)6-4(2-10)5(8)9;1-3(2)4(6)5(7)8/h4,10H,2H2,1H3,(H,6,7)(H,8,9);3-4H,6H2,1-2H3,(H,7,8)/t2*4-/m00/s1. The van der Waals surface area contributed by atoms with E-state index in [-0.39, 0.29) is 17.6 Å². The normalized spacial score (nSPS) is 13.0. The lowest BCUT2D eigenvalue weighted by molar-refractivity contribution is -0.141. The molecular formula is C10H20N2O5S. The topological polar surface area (TPSA) is 130 Å². The first-order valence-electron chi connectivity index (χ1n) is 5.22. The van der Waals surface area contributed by atoms with Crippen LogP contribution >= 0.6 is 12.6 Å². The summed E-state index contributed by atoms with van der Waals surface area (Å²) >= 11 is 3.73. The third kappa shape index (κ3) is 9.91.